The van der Waals surface area contributed by atoms with Gasteiger partial charge in [-0.25, -0.2) is 0 Å². The zero-order chi connectivity index (χ0) is 31.7. The number of benzene rings is 6. The summed E-state index contributed by atoms with van der Waals surface area (Å²) in [5, 5.41) is 2.51. The molecule has 0 fully saturated rings. The Balaban J connectivity index is 1.25. The molecule has 0 amide bonds. The summed E-state index contributed by atoms with van der Waals surface area (Å²) in [6, 6.07) is 51.3. The SMILES string of the molecule is C[C@@H]1C=CC(N(c2ccc3c(c2)C(C)(C)c2ccccc2-3)c2ccc3c4ccccc4n(-c4cccc(-c5ccccc5)c4)c3c2)=C1. The predicted octanol–water partition coefficient (Wildman–Crippen LogP) is 12.0. The van der Waals surface area contributed by atoms with Gasteiger partial charge in [-0.2, -0.15) is 0 Å². The summed E-state index contributed by atoms with van der Waals surface area (Å²) < 4.78 is 2.43. The van der Waals surface area contributed by atoms with Crippen molar-refractivity contribution >= 4 is 33.2 Å². The Morgan fingerprint density at radius 2 is 1.28 bits per heavy atom. The lowest BCUT2D eigenvalue weighted by atomic mass is 9.82. The Hall–Kier alpha value is -5.60. The van der Waals surface area contributed by atoms with Gasteiger partial charge in [0.05, 0.1) is 11.0 Å². The Morgan fingerprint density at radius 1 is 0.574 bits per heavy atom. The fourth-order valence-corrected chi connectivity index (χ4v) is 7.89. The first-order chi connectivity index (χ1) is 23.0. The molecule has 1 aromatic heterocycles. The fraction of sp³-hybridized carbons (Fsp3) is 0.111. The van der Waals surface area contributed by atoms with E-state index in [1.165, 1.54) is 66.6 Å². The number of para-hydroxylation sites is 1. The van der Waals surface area contributed by atoms with Crippen molar-refractivity contribution in [3.05, 3.63) is 175 Å². The van der Waals surface area contributed by atoms with Crippen molar-refractivity contribution in [2.24, 2.45) is 5.92 Å². The lowest BCUT2D eigenvalue weighted by Gasteiger charge is -2.28. The first kappa shape index (κ1) is 27.7. The van der Waals surface area contributed by atoms with E-state index in [4.69, 9.17) is 0 Å². The van der Waals surface area contributed by atoms with Gasteiger partial charge in [-0.1, -0.05) is 130 Å². The third kappa shape index (κ3) is 4.32. The highest BCUT2D eigenvalue weighted by Gasteiger charge is 2.36. The van der Waals surface area contributed by atoms with E-state index >= 15 is 0 Å². The van der Waals surface area contributed by atoms with Gasteiger partial charge in [0.15, 0.2) is 0 Å². The van der Waals surface area contributed by atoms with Crippen LogP contribution in [0.1, 0.15) is 31.9 Å². The highest BCUT2D eigenvalue weighted by molar-refractivity contribution is 6.10. The molecule has 2 aliphatic carbocycles. The number of fused-ring (bicyclic) bond motifs is 6. The van der Waals surface area contributed by atoms with Gasteiger partial charge >= 0.3 is 0 Å². The van der Waals surface area contributed by atoms with Crippen LogP contribution in [-0.4, -0.2) is 4.57 Å². The lowest BCUT2D eigenvalue weighted by molar-refractivity contribution is 0.660. The molecule has 1 atom stereocenters. The van der Waals surface area contributed by atoms with Crippen LogP contribution in [0.5, 0.6) is 0 Å². The molecule has 1 heterocycles. The van der Waals surface area contributed by atoms with Crippen molar-refractivity contribution in [1.29, 1.82) is 0 Å². The predicted molar refractivity (Wildman–Crippen MR) is 199 cm³/mol. The van der Waals surface area contributed by atoms with Crippen molar-refractivity contribution in [2.45, 2.75) is 26.2 Å². The van der Waals surface area contributed by atoms with Crippen LogP contribution >= 0.6 is 0 Å². The van der Waals surface area contributed by atoms with Crippen LogP contribution in [0.3, 0.4) is 0 Å². The minimum atomic E-state index is -0.0685. The summed E-state index contributed by atoms with van der Waals surface area (Å²) in [7, 11) is 0. The van der Waals surface area contributed by atoms with Gasteiger partial charge in [0, 0.05) is 38.9 Å². The summed E-state index contributed by atoms with van der Waals surface area (Å²) in [5.41, 5.74) is 14.9. The quantitative estimate of drug-likeness (QED) is 0.190. The van der Waals surface area contributed by atoms with E-state index in [-0.39, 0.29) is 5.41 Å². The van der Waals surface area contributed by atoms with Crippen molar-refractivity contribution < 1.29 is 0 Å². The van der Waals surface area contributed by atoms with E-state index in [2.05, 4.69) is 188 Å². The third-order valence-electron chi connectivity index (χ3n) is 10.2. The molecule has 47 heavy (non-hydrogen) atoms. The Bertz CT molecular complexity index is 2400. The Labute approximate surface area is 276 Å². The Kier molecular flexibility index (Phi) is 6.17. The van der Waals surface area contributed by atoms with Crippen LogP contribution in [0.2, 0.25) is 0 Å². The second kappa shape index (κ2) is 10.5. The van der Waals surface area contributed by atoms with Crippen molar-refractivity contribution in [2.75, 3.05) is 4.90 Å². The van der Waals surface area contributed by atoms with Gasteiger partial charge in [0.1, 0.15) is 0 Å². The molecule has 0 aliphatic heterocycles. The Morgan fingerprint density at radius 3 is 2.13 bits per heavy atom. The molecule has 0 saturated carbocycles. The standard InChI is InChI=1S/C45H36N2/c1-30-20-21-34(26-30)46(35-22-24-38-37-16-7-9-18-41(37)45(2,3)42(38)28-35)36-23-25-40-39-17-8-10-19-43(39)47(44(40)29-36)33-15-11-14-32(27-33)31-12-5-4-6-13-31/h4-30H,1-3H3/t30-/m1/s1. The van der Waals surface area contributed by atoms with E-state index < -0.39 is 0 Å². The monoisotopic (exact) mass is 604 g/mol. The highest BCUT2D eigenvalue weighted by Crippen LogP contribution is 2.50. The van der Waals surface area contributed by atoms with Crippen molar-refractivity contribution in [1.82, 2.24) is 4.57 Å². The van der Waals surface area contributed by atoms with Crippen LogP contribution in [-0.2, 0) is 5.41 Å². The largest absolute Gasteiger partial charge is 0.311 e. The van der Waals surface area contributed by atoms with Crippen molar-refractivity contribution in [3.8, 4) is 27.9 Å². The molecular weight excluding hydrogens is 569 g/mol. The smallest absolute Gasteiger partial charge is 0.0561 e. The zero-order valence-electron chi connectivity index (χ0n) is 27.0. The normalized spacial score (nSPS) is 16.0. The first-order valence-electron chi connectivity index (χ1n) is 16.6. The molecular formula is C45H36N2. The minimum Gasteiger partial charge on any atom is -0.311 e. The van der Waals surface area contributed by atoms with Crippen LogP contribution in [0.25, 0.3) is 49.7 Å². The van der Waals surface area contributed by atoms with Gasteiger partial charge in [0.2, 0.25) is 0 Å². The average molecular weight is 605 g/mol. The summed E-state index contributed by atoms with van der Waals surface area (Å²) >= 11 is 0. The second-order valence-corrected chi connectivity index (χ2v) is 13.5. The lowest BCUT2D eigenvalue weighted by Crippen LogP contribution is -2.18. The molecule has 226 valence electrons. The maximum atomic E-state index is 2.45. The molecule has 0 spiro atoms. The number of hydrogen-bond acceptors (Lipinski definition) is 1. The number of aromatic nitrogens is 1. The van der Waals surface area contributed by atoms with Crippen LogP contribution in [0.4, 0.5) is 11.4 Å². The molecule has 0 unspecified atom stereocenters. The van der Waals surface area contributed by atoms with Crippen LogP contribution < -0.4 is 4.90 Å². The van der Waals surface area contributed by atoms with Gasteiger partial charge in [0.25, 0.3) is 0 Å². The molecule has 0 bridgehead atoms. The summed E-state index contributed by atoms with van der Waals surface area (Å²) in [4.78, 5) is 2.45. The number of hydrogen-bond donors (Lipinski definition) is 0. The molecule has 2 heteroatoms. The number of allylic oxidation sites excluding steroid dienone is 3. The molecule has 2 nitrogen and oxygen atoms in total. The van der Waals surface area contributed by atoms with Gasteiger partial charge < -0.3 is 9.47 Å². The van der Waals surface area contributed by atoms with Crippen molar-refractivity contribution in [3.63, 3.8) is 0 Å². The third-order valence-corrected chi connectivity index (χ3v) is 10.2. The number of nitrogens with zero attached hydrogens (tertiary/aromatic N) is 2. The summed E-state index contributed by atoms with van der Waals surface area (Å²) in [6.07, 6.45) is 6.94. The molecule has 7 aromatic rings. The molecule has 0 N–H and O–H groups in total. The topological polar surface area (TPSA) is 8.17 Å². The minimum absolute atomic E-state index is 0.0685. The number of anilines is 2. The van der Waals surface area contributed by atoms with E-state index in [9.17, 15) is 0 Å². The number of rotatable bonds is 5. The van der Waals surface area contributed by atoms with Gasteiger partial charge in [-0.3, -0.25) is 0 Å². The van der Waals surface area contributed by atoms with E-state index in [1.54, 1.807) is 0 Å². The van der Waals surface area contributed by atoms with Gasteiger partial charge in [-0.15, -0.1) is 0 Å². The highest BCUT2D eigenvalue weighted by atomic mass is 15.2. The maximum Gasteiger partial charge on any atom is 0.0561 e. The molecule has 6 aromatic carbocycles. The zero-order valence-corrected chi connectivity index (χ0v) is 27.0. The van der Waals surface area contributed by atoms with E-state index in [1.807, 2.05) is 0 Å². The summed E-state index contributed by atoms with van der Waals surface area (Å²) in [6.45, 7) is 6.97. The average Bonchev–Trinajstić information content (AvgIpc) is 3.75. The molecule has 2 aliphatic rings. The van der Waals surface area contributed by atoms with Crippen LogP contribution in [0.15, 0.2) is 163 Å². The van der Waals surface area contributed by atoms with Crippen LogP contribution in [0, 0.1) is 5.92 Å². The molecule has 0 radical (unpaired) electrons. The summed E-state index contributed by atoms with van der Waals surface area (Å²) in [5.74, 6) is 0.388. The fourth-order valence-electron chi connectivity index (χ4n) is 7.89. The van der Waals surface area contributed by atoms with E-state index in [0.29, 0.717) is 5.92 Å². The van der Waals surface area contributed by atoms with E-state index in [0.717, 1.165) is 11.4 Å². The molecule has 9 rings (SSSR count). The second-order valence-electron chi connectivity index (χ2n) is 13.5. The molecule has 0 saturated heterocycles. The first-order valence-corrected chi connectivity index (χ1v) is 16.6. The maximum absolute atomic E-state index is 2.45. The van der Waals surface area contributed by atoms with Gasteiger partial charge in [-0.05, 0) is 87.8 Å².